The van der Waals surface area contributed by atoms with Gasteiger partial charge in [0.25, 0.3) is 5.91 Å². The van der Waals surface area contributed by atoms with E-state index in [1.54, 1.807) is 0 Å². The summed E-state index contributed by atoms with van der Waals surface area (Å²) in [5.41, 5.74) is 5.19. The minimum atomic E-state index is -3.56. The maximum absolute atomic E-state index is 12.7. The summed E-state index contributed by atoms with van der Waals surface area (Å²) >= 11 is 0. The van der Waals surface area contributed by atoms with E-state index in [1.807, 2.05) is 7.05 Å². The van der Waals surface area contributed by atoms with Crippen LogP contribution in [0, 0.1) is 5.92 Å². The molecule has 1 aromatic carbocycles. The highest BCUT2D eigenvalue weighted by atomic mass is 32.2. The van der Waals surface area contributed by atoms with Crippen molar-refractivity contribution in [1.82, 2.24) is 20.1 Å². The summed E-state index contributed by atoms with van der Waals surface area (Å²) in [6.07, 6.45) is 4.92. The van der Waals surface area contributed by atoms with Crippen LogP contribution in [0.4, 0.5) is 0 Å². The number of benzene rings is 1. The van der Waals surface area contributed by atoms with Crippen LogP contribution in [0.5, 0.6) is 0 Å². The maximum Gasteiger partial charge on any atom is 0.269 e. The van der Waals surface area contributed by atoms with Gasteiger partial charge in [0, 0.05) is 37.7 Å². The molecule has 154 valence electrons. The van der Waals surface area contributed by atoms with E-state index < -0.39 is 15.9 Å². The summed E-state index contributed by atoms with van der Waals surface area (Å²) in [7, 11) is -1.60. The summed E-state index contributed by atoms with van der Waals surface area (Å²) in [6.45, 7) is 2.30. The van der Waals surface area contributed by atoms with Crippen molar-refractivity contribution >= 4 is 21.8 Å². The van der Waals surface area contributed by atoms with Crippen molar-refractivity contribution in [1.29, 1.82) is 0 Å². The number of hydrogen-bond donors (Lipinski definition) is 2. The maximum atomic E-state index is 12.7. The minimum absolute atomic E-state index is 0.0508. The van der Waals surface area contributed by atoms with Crippen molar-refractivity contribution in [3.63, 3.8) is 0 Å². The van der Waals surface area contributed by atoms with Gasteiger partial charge in [-0.15, -0.1) is 0 Å². The monoisotopic (exact) mass is 408 g/mol. The molecule has 1 heterocycles. The summed E-state index contributed by atoms with van der Waals surface area (Å²) in [4.78, 5) is 26.6. The molecule has 0 bridgehead atoms. The highest BCUT2D eigenvalue weighted by molar-refractivity contribution is 7.89. The molecule has 2 amide bonds. The molecule has 2 aliphatic rings. The van der Waals surface area contributed by atoms with Gasteiger partial charge in [-0.2, -0.15) is 4.31 Å². The molecule has 0 atom stereocenters. The third kappa shape index (κ3) is 4.89. The molecule has 1 aromatic rings. The minimum Gasteiger partial charge on any atom is -0.304 e. The second kappa shape index (κ2) is 9.02. The van der Waals surface area contributed by atoms with Crippen molar-refractivity contribution in [2.75, 3.05) is 33.2 Å². The van der Waals surface area contributed by atoms with Crippen LogP contribution in [-0.2, 0) is 14.8 Å². The number of nitrogens with zero attached hydrogens (tertiary/aromatic N) is 2. The highest BCUT2D eigenvalue weighted by Crippen LogP contribution is 2.23. The van der Waals surface area contributed by atoms with Gasteiger partial charge in [0.1, 0.15) is 0 Å². The standard InChI is InChI=1S/C19H28N4O4S/c1-22-11-13-23(14-12-22)28(26,27)17-9-7-16(8-10-17)19(25)21-20-18(24)15-5-3-2-4-6-15/h7-10,15H,2-6,11-14H2,1H3,(H,20,24)(H,21,25). The number of carbonyl (C=O) groups is 2. The number of nitrogens with one attached hydrogen (secondary N) is 2. The van der Waals surface area contributed by atoms with Crippen LogP contribution in [0.15, 0.2) is 29.2 Å². The smallest absolute Gasteiger partial charge is 0.269 e. The molecule has 0 aromatic heterocycles. The number of sulfonamides is 1. The van der Waals surface area contributed by atoms with Gasteiger partial charge >= 0.3 is 0 Å². The molecule has 3 rings (SSSR count). The fourth-order valence-corrected chi connectivity index (χ4v) is 5.04. The Morgan fingerprint density at radius 1 is 0.929 bits per heavy atom. The molecule has 0 radical (unpaired) electrons. The molecule has 8 nitrogen and oxygen atoms in total. The Balaban J connectivity index is 1.57. The zero-order chi connectivity index (χ0) is 20.1. The molecular weight excluding hydrogens is 380 g/mol. The molecule has 1 aliphatic heterocycles. The third-order valence-corrected chi connectivity index (χ3v) is 7.40. The molecule has 2 fully saturated rings. The summed E-state index contributed by atoms with van der Waals surface area (Å²) in [5, 5.41) is 0. The van der Waals surface area contributed by atoms with E-state index >= 15 is 0 Å². The van der Waals surface area contributed by atoms with E-state index in [9.17, 15) is 18.0 Å². The van der Waals surface area contributed by atoms with E-state index in [4.69, 9.17) is 0 Å². The Kier molecular flexibility index (Phi) is 6.69. The molecule has 0 unspecified atom stereocenters. The van der Waals surface area contributed by atoms with Crippen LogP contribution < -0.4 is 10.9 Å². The lowest BCUT2D eigenvalue weighted by Gasteiger charge is -2.31. The van der Waals surface area contributed by atoms with Gasteiger partial charge in [-0.25, -0.2) is 8.42 Å². The Morgan fingerprint density at radius 3 is 2.14 bits per heavy atom. The van der Waals surface area contributed by atoms with E-state index in [0.717, 1.165) is 32.1 Å². The normalized spacial score (nSPS) is 19.9. The second-order valence-corrected chi connectivity index (χ2v) is 9.45. The zero-order valence-electron chi connectivity index (χ0n) is 16.2. The Morgan fingerprint density at radius 2 is 1.54 bits per heavy atom. The lowest BCUT2D eigenvalue weighted by atomic mass is 9.89. The molecule has 2 N–H and O–H groups in total. The van der Waals surface area contributed by atoms with E-state index in [-0.39, 0.29) is 16.7 Å². The van der Waals surface area contributed by atoms with E-state index in [2.05, 4.69) is 15.8 Å². The largest absolute Gasteiger partial charge is 0.304 e. The van der Waals surface area contributed by atoms with Gasteiger partial charge in [0.05, 0.1) is 4.90 Å². The number of carbonyl (C=O) groups excluding carboxylic acids is 2. The lowest BCUT2D eigenvalue weighted by Crippen LogP contribution is -2.47. The van der Waals surface area contributed by atoms with Gasteiger partial charge < -0.3 is 4.90 Å². The van der Waals surface area contributed by atoms with Crippen molar-refractivity contribution in [3.05, 3.63) is 29.8 Å². The van der Waals surface area contributed by atoms with Crippen molar-refractivity contribution < 1.29 is 18.0 Å². The average molecular weight is 409 g/mol. The van der Waals surface area contributed by atoms with E-state index in [1.165, 1.54) is 28.6 Å². The Bertz CT molecular complexity index is 796. The van der Waals surface area contributed by atoms with Gasteiger partial charge in [0.15, 0.2) is 0 Å². The molecule has 1 saturated heterocycles. The van der Waals surface area contributed by atoms with Crippen LogP contribution in [-0.4, -0.2) is 62.7 Å². The van der Waals surface area contributed by atoms with Crippen molar-refractivity contribution in [3.8, 4) is 0 Å². The highest BCUT2D eigenvalue weighted by Gasteiger charge is 2.27. The first-order valence-corrected chi connectivity index (χ1v) is 11.2. The van der Waals surface area contributed by atoms with Gasteiger partial charge in [-0.3, -0.25) is 20.4 Å². The number of rotatable bonds is 4. The number of hydrazine groups is 1. The third-order valence-electron chi connectivity index (χ3n) is 5.49. The second-order valence-electron chi connectivity index (χ2n) is 7.51. The molecule has 9 heteroatoms. The molecule has 28 heavy (non-hydrogen) atoms. The molecule has 0 spiro atoms. The Labute approximate surface area is 166 Å². The van der Waals surface area contributed by atoms with Crippen LogP contribution in [0.25, 0.3) is 0 Å². The first-order valence-electron chi connectivity index (χ1n) is 9.77. The van der Waals surface area contributed by atoms with Crippen LogP contribution in [0.1, 0.15) is 42.5 Å². The first kappa shape index (κ1) is 20.8. The van der Waals surface area contributed by atoms with Gasteiger partial charge in [-0.05, 0) is 44.2 Å². The predicted octanol–water partition coefficient (Wildman–Crippen LogP) is 0.964. The van der Waals surface area contributed by atoms with Crippen molar-refractivity contribution in [2.45, 2.75) is 37.0 Å². The number of piperazine rings is 1. The SMILES string of the molecule is CN1CCN(S(=O)(=O)c2ccc(C(=O)NNC(=O)C3CCCCC3)cc2)CC1. The predicted molar refractivity (Wildman–Crippen MR) is 105 cm³/mol. The van der Waals surface area contributed by atoms with Gasteiger partial charge in [0.2, 0.25) is 15.9 Å². The first-order chi connectivity index (χ1) is 13.4. The number of hydrogen-bond acceptors (Lipinski definition) is 5. The molecule has 1 saturated carbocycles. The molecular formula is C19H28N4O4S. The zero-order valence-corrected chi connectivity index (χ0v) is 17.0. The van der Waals surface area contributed by atoms with E-state index in [0.29, 0.717) is 31.7 Å². The quantitative estimate of drug-likeness (QED) is 0.723. The van der Waals surface area contributed by atoms with Gasteiger partial charge in [-0.1, -0.05) is 19.3 Å². The van der Waals surface area contributed by atoms with Crippen LogP contribution >= 0.6 is 0 Å². The summed E-state index contributed by atoms with van der Waals surface area (Å²) in [6, 6.07) is 5.80. The molecule has 1 aliphatic carbocycles. The van der Waals surface area contributed by atoms with Crippen LogP contribution in [0.3, 0.4) is 0 Å². The summed E-state index contributed by atoms with van der Waals surface area (Å²) < 4.78 is 26.9. The lowest BCUT2D eigenvalue weighted by molar-refractivity contribution is -0.126. The Hall–Kier alpha value is -1.97. The average Bonchev–Trinajstić information content (AvgIpc) is 2.73. The number of likely N-dealkylation sites (N-methyl/N-ethyl adjacent to an activating group) is 1. The van der Waals surface area contributed by atoms with Crippen molar-refractivity contribution in [2.24, 2.45) is 5.92 Å². The van der Waals surface area contributed by atoms with Crippen LogP contribution in [0.2, 0.25) is 0 Å². The number of amides is 2. The fourth-order valence-electron chi connectivity index (χ4n) is 3.61. The topological polar surface area (TPSA) is 98.8 Å². The summed E-state index contributed by atoms with van der Waals surface area (Å²) in [5.74, 6) is -0.680. The fraction of sp³-hybridized carbons (Fsp3) is 0.579.